The zero-order chi connectivity index (χ0) is 23.7. The maximum Gasteiger partial charge on any atom is 0.283 e. The molecule has 3 aromatic rings. The number of carbonyl (C=O) groups excluding carboxylic acids is 3. The first-order valence-corrected chi connectivity index (χ1v) is 10.7. The van der Waals surface area contributed by atoms with Gasteiger partial charge in [0.1, 0.15) is 10.7 Å². The predicted octanol–water partition coefficient (Wildman–Crippen LogP) is 5.02. The lowest BCUT2D eigenvalue weighted by Crippen LogP contribution is -2.33. The zero-order valence-electron chi connectivity index (χ0n) is 18.4. The van der Waals surface area contributed by atoms with Crippen LogP contribution in [-0.4, -0.2) is 24.8 Å². The number of anilines is 3. The fraction of sp³-hybridized carbons (Fsp3) is 0.115. The Morgan fingerprint density at radius 3 is 2.24 bits per heavy atom. The Balaban J connectivity index is 1.53. The summed E-state index contributed by atoms with van der Waals surface area (Å²) in [6.07, 6.45) is 0. The summed E-state index contributed by atoms with van der Waals surface area (Å²) in [5, 5.41) is 2.77. The highest BCUT2D eigenvalue weighted by Gasteiger charge is 2.39. The number of hydrogen-bond acceptors (Lipinski definition) is 4. The summed E-state index contributed by atoms with van der Waals surface area (Å²) in [4.78, 5) is 41.2. The van der Waals surface area contributed by atoms with Crippen molar-refractivity contribution in [1.82, 2.24) is 0 Å². The van der Waals surface area contributed by atoms with Crippen molar-refractivity contribution in [1.29, 1.82) is 0 Å². The summed E-state index contributed by atoms with van der Waals surface area (Å²) in [5.74, 6) is -1.27. The lowest BCUT2D eigenvalue weighted by molar-refractivity contribution is -0.120. The van der Waals surface area contributed by atoms with Crippen LogP contribution in [0.4, 0.5) is 17.1 Å². The monoisotopic (exact) mass is 459 g/mol. The smallest absolute Gasteiger partial charge is 0.283 e. The number of benzene rings is 3. The van der Waals surface area contributed by atoms with E-state index in [1.165, 1.54) is 0 Å². The maximum absolute atomic E-state index is 13.1. The first-order chi connectivity index (χ1) is 15.8. The highest BCUT2D eigenvalue weighted by atomic mass is 35.5. The molecule has 1 heterocycles. The molecule has 1 aliphatic heterocycles. The fourth-order valence-corrected chi connectivity index (χ4v) is 3.81. The van der Waals surface area contributed by atoms with Crippen LogP contribution in [-0.2, 0) is 9.59 Å². The lowest BCUT2D eigenvalue weighted by atomic mass is 10.1. The third-order valence-electron chi connectivity index (χ3n) is 5.48. The molecule has 166 valence electrons. The van der Waals surface area contributed by atoms with Gasteiger partial charge >= 0.3 is 0 Å². The standard InChI is InChI=1S/C26H22ClN3O3/c1-16-9-10-17(2)21(15-16)30-25(32)22(27)23(26(30)33)28-19-13-11-18(12-14-19)24(31)29(3)20-7-5-4-6-8-20/h4-15,28H,1-3H3. The van der Waals surface area contributed by atoms with E-state index in [9.17, 15) is 14.4 Å². The molecule has 0 unspecified atom stereocenters. The van der Waals surface area contributed by atoms with Crippen molar-refractivity contribution < 1.29 is 14.4 Å². The number of rotatable bonds is 5. The summed E-state index contributed by atoms with van der Waals surface area (Å²) >= 11 is 6.25. The van der Waals surface area contributed by atoms with E-state index < -0.39 is 11.8 Å². The minimum absolute atomic E-state index is 0.00283. The average Bonchev–Trinajstić information content (AvgIpc) is 3.03. The number of hydrogen-bond donors (Lipinski definition) is 1. The number of carbonyl (C=O) groups is 3. The normalized spacial score (nSPS) is 13.5. The fourth-order valence-electron chi connectivity index (χ4n) is 3.59. The molecule has 0 radical (unpaired) electrons. The molecule has 1 N–H and O–H groups in total. The number of aryl methyl sites for hydroxylation is 2. The summed E-state index contributed by atoms with van der Waals surface area (Å²) in [6.45, 7) is 3.72. The first kappa shape index (κ1) is 22.3. The molecule has 3 aromatic carbocycles. The molecule has 0 bridgehead atoms. The summed E-state index contributed by atoms with van der Waals surface area (Å²) < 4.78 is 0. The van der Waals surface area contributed by atoms with E-state index in [0.717, 1.165) is 21.7 Å². The van der Waals surface area contributed by atoms with Gasteiger partial charge in [0.05, 0.1) is 5.69 Å². The number of halogens is 1. The Morgan fingerprint density at radius 1 is 0.909 bits per heavy atom. The summed E-state index contributed by atoms with van der Waals surface area (Å²) in [6, 6.07) is 21.5. The summed E-state index contributed by atoms with van der Waals surface area (Å²) in [5.41, 5.74) is 4.02. The molecule has 0 spiro atoms. The Kier molecular flexibility index (Phi) is 6.03. The van der Waals surface area contributed by atoms with Crippen LogP contribution in [0.1, 0.15) is 21.5 Å². The van der Waals surface area contributed by atoms with Gasteiger partial charge < -0.3 is 10.2 Å². The quantitative estimate of drug-likeness (QED) is 0.544. The molecular weight excluding hydrogens is 438 g/mol. The van der Waals surface area contributed by atoms with E-state index in [-0.39, 0.29) is 16.6 Å². The van der Waals surface area contributed by atoms with Crippen molar-refractivity contribution in [2.24, 2.45) is 0 Å². The van der Waals surface area contributed by atoms with Crippen LogP contribution < -0.4 is 15.1 Å². The minimum atomic E-state index is -0.575. The van der Waals surface area contributed by atoms with Gasteiger partial charge in [-0.2, -0.15) is 0 Å². The molecular formula is C26H22ClN3O3. The van der Waals surface area contributed by atoms with Gasteiger partial charge in [-0.1, -0.05) is 41.9 Å². The zero-order valence-corrected chi connectivity index (χ0v) is 19.2. The van der Waals surface area contributed by atoms with Gasteiger partial charge in [-0.3, -0.25) is 14.4 Å². The molecule has 0 atom stereocenters. The van der Waals surface area contributed by atoms with Gasteiger partial charge in [0.25, 0.3) is 17.7 Å². The third kappa shape index (κ3) is 4.25. The van der Waals surface area contributed by atoms with E-state index >= 15 is 0 Å². The number of nitrogens with zero attached hydrogens (tertiary/aromatic N) is 2. The maximum atomic E-state index is 13.1. The van der Waals surface area contributed by atoms with Gasteiger partial charge in [0, 0.05) is 24.0 Å². The van der Waals surface area contributed by atoms with Crippen molar-refractivity contribution in [2.45, 2.75) is 13.8 Å². The van der Waals surface area contributed by atoms with Crippen LogP contribution in [0.15, 0.2) is 83.5 Å². The third-order valence-corrected chi connectivity index (χ3v) is 5.83. The molecule has 1 aliphatic rings. The Bertz CT molecular complexity index is 1280. The molecule has 7 heteroatoms. The highest BCUT2D eigenvalue weighted by molar-refractivity contribution is 6.53. The Hall–Kier alpha value is -3.90. The Labute approximate surface area is 197 Å². The predicted molar refractivity (Wildman–Crippen MR) is 131 cm³/mol. The van der Waals surface area contributed by atoms with Crippen LogP contribution in [0.25, 0.3) is 0 Å². The minimum Gasteiger partial charge on any atom is -0.350 e. The number of amides is 3. The van der Waals surface area contributed by atoms with Gasteiger partial charge in [0.2, 0.25) is 0 Å². The largest absolute Gasteiger partial charge is 0.350 e. The van der Waals surface area contributed by atoms with Crippen molar-refractivity contribution in [3.05, 3.63) is 100 Å². The number of imide groups is 1. The molecule has 0 saturated heterocycles. The Morgan fingerprint density at radius 2 is 1.58 bits per heavy atom. The highest BCUT2D eigenvalue weighted by Crippen LogP contribution is 2.32. The molecule has 0 fully saturated rings. The second kappa shape index (κ2) is 8.92. The number of para-hydroxylation sites is 1. The summed E-state index contributed by atoms with van der Waals surface area (Å²) in [7, 11) is 1.71. The van der Waals surface area contributed by atoms with Crippen LogP contribution in [0.2, 0.25) is 0 Å². The molecule has 0 saturated carbocycles. The second-order valence-electron chi connectivity index (χ2n) is 7.83. The molecule has 33 heavy (non-hydrogen) atoms. The SMILES string of the molecule is Cc1ccc(C)c(N2C(=O)C(Cl)=C(Nc3ccc(C(=O)N(C)c4ccccc4)cc3)C2=O)c1. The van der Waals surface area contributed by atoms with Crippen molar-refractivity contribution in [3.63, 3.8) is 0 Å². The van der Waals surface area contributed by atoms with Gasteiger partial charge in [-0.15, -0.1) is 0 Å². The molecule has 0 aromatic heterocycles. The van der Waals surface area contributed by atoms with Gasteiger partial charge in [-0.25, -0.2) is 4.90 Å². The van der Waals surface area contributed by atoms with Crippen molar-refractivity contribution in [2.75, 3.05) is 22.2 Å². The lowest BCUT2D eigenvalue weighted by Gasteiger charge is -2.18. The molecule has 6 nitrogen and oxygen atoms in total. The topological polar surface area (TPSA) is 69.7 Å². The molecule has 4 rings (SSSR count). The number of nitrogens with one attached hydrogen (secondary N) is 1. The van der Waals surface area contributed by atoms with Gasteiger partial charge in [-0.05, 0) is 67.4 Å². The average molecular weight is 460 g/mol. The van der Waals surface area contributed by atoms with E-state index in [1.54, 1.807) is 42.3 Å². The van der Waals surface area contributed by atoms with Crippen LogP contribution in [0, 0.1) is 13.8 Å². The van der Waals surface area contributed by atoms with Crippen LogP contribution >= 0.6 is 11.6 Å². The van der Waals surface area contributed by atoms with E-state index in [4.69, 9.17) is 11.6 Å². The van der Waals surface area contributed by atoms with Crippen LogP contribution in [0.3, 0.4) is 0 Å². The molecule has 3 amide bonds. The van der Waals surface area contributed by atoms with Crippen LogP contribution in [0.5, 0.6) is 0 Å². The van der Waals surface area contributed by atoms with E-state index in [0.29, 0.717) is 16.9 Å². The van der Waals surface area contributed by atoms with Crippen molar-refractivity contribution >= 4 is 46.4 Å². The van der Waals surface area contributed by atoms with Crippen molar-refractivity contribution in [3.8, 4) is 0 Å². The second-order valence-corrected chi connectivity index (χ2v) is 8.20. The van der Waals surface area contributed by atoms with E-state index in [1.807, 2.05) is 56.3 Å². The first-order valence-electron chi connectivity index (χ1n) is 10.3. The molecule has 0 aliphatic carbocycles. The van der Waals surface area contributed by atoms with Gasteiger partial charge in [0.15, 0.2) is 0 Å². The van der Waals surface area contributed by atoms with E-state index in [2.05, 4.69) is 5.32 Å².